The molecule has 0 saturated carbocycles. The van der Waals surface area contributed by atoms with Crippen molar-refractivity contribution in [3.8, 4) is 0 Å². The third-order valence-corrected chi connectivity index (χ3v) is 3.62. The Bertz CT molecular complexity index is 508. The van der Waals surface area contributed by atoms with E-state index >= 15 is 0 Å². The Kier molecular flexibility index (Phi) is 4.55. The molecule has 0 aliphatic carbocycles. The van der Waals surface area contributed by atoms with Crippen molar-refractivity contribution in [1.29, 1.82) is 0 Å². The fourth-order valence-corrected chi connectivity index (χ4v) is 2.64. The first-order valence-corrected chi connectivity index (χ1v) is 6.87. The third kappa shape index (κ3) is 3.07. The van der Waals surface area contributed by atoms with Crippen molar-refractivity contribution < 1.29 is 14.8 Å². The smallest absolute Gasteiger partial charge is 0.342 e. The van der Waals surface area contributed by atoms with Gasteiger partial charge in [-0.05, 0) is 25.0 Å². The fourth-order valence-electron chi connectivity index (χ4n) is 2.64. The molecule has 1 aromatic carbocycles. The minimum absolute atomic E-state index is 0.241. The summed E-state index contributed by atoms with van der Waals surface area (Å²) in [6.45, 7) is 1.48. The molecular formula is C14H18N2O4. The van der Waals surface area contributed by atoms with Gasteiger partial charge in [-0.15, -0.1) is 0 Å². The summed E-state index contributed by atoms with van der Waals surface area (Å²) >= 11 is 0. The second kappa shape index (κ2) is 6.36. The lowest BCUT2D eigenvalue weighted by molar-refractivity contribution is -0.384. The normalized spacial score (nSPS) is 16.3. The van der Waals surface area contributed by atoms with E-state index < -0.39 is 10.9 Å². The number of carboxylic acid groups (broad SMARTS) is 1. The Morgan fingerprint density at radius 3 is 2.30 bits per heavy atom. The average molecular weight is 278 g/mol. The van der Waals surface area contributed by atoms with Gasteiger partial charge in [-0.25, -0.2) is 4.79 Å². The maximum Gasteiger partial charge on any atom is 0.342 e. The van der Waals surface area contributed by atoms with Crippen molar-refractivity contribution in [2.75, 3.05) is 18.0 Å². The molecule has 0 bridgehead atoms. The standard InChI is InChI=1S/C14H18N2O4/c17-14(18)11-7-6-8-12(13(11)16(19)20)15-9-4-2-1-3-5-10-15/h6-8H,1-5,9-10H2,(H,17,18). The van der Waals surface area contributed by atoms with Crippen molar-refractivity contribution >= 4 is 17.3 Å². The van der Waals surface area contributed by atoms with Gasteiger partial charge in [-0.2, -0.15) is 0 Å². The Labute approximate surface area is 117 Å². The monoisotopic (exact) mass is 278 g/mol. The molecule has 20 heavy (non-hydrogen) atoms. The molecule has 0 amide bonds. The molecule has 0 atom stereocenters. The topological polar surface area (TPSA) is 83.7 Å². The van der Waals surface area contributed by atoms with Gasteiger partial charge in [0.05, 0.1) is 4.92 Å². The van der Waals surface area contributed by atoms with Crippen molar-refractivity contribution in [2.45, 2.75) is 32.1 Å². The maximum atomic E-state index is 11.3. The molecule has 6 nitrogen and oxygen atoms in total. The molecule has 1 aliphatic heterocycles. The van der Waals surface area contributed by atoms with Crippen LogP contribution in [0.2, 0.25) is 0 Å². The first kappa shape index (κ1) is 14.3. The van der Waals surface area contributed by atoms with Gasteiger partial charge in [-0.1, -0.05) is 25.3 Å². The van der Waals surface area contributed by atoms with E-state index in [1.165, 1.54) is 12.5 Å². The highest BCUT2D eigenvalue weighted by molar-refractivity contribution is 5.95. The summed E-state index contributed by atoms with van der Waals surface area (Å²) in [4.78, 5) is 23.8. The fraction of sp³-hybridized carbons (Fsp3) is 0.500. The molecule has 108 valence electrons. The number of carbonyl (C=O) groups is 1. The van der Waals surface area contributed by atoms with E-state index in [0.717, 1.165) is 38.8 Å². The van der Waals surface area contributed by atoms with Crippen LogP contribution in [0.15, 0.2) is 18.2 Å². The first-order valence-electron chi connectivity index (χ1n) is 6.87. The molecule has 1 aliphatic rings. The van der Waals surface area contributed by atoms with Gasteiger partial charge in [0.1, 0.15) is 11.3 Å². The van der Waals surface area contributed by atoms with Gasteiger partial charge in [0.15, 0.2) is 0 Å². The number of benzene rings is 1. The van der Waals surface area contributed by atoms with Crippen LogP contribution in [0.1, 0.15) is 42.5 Å². The number of aromatic carboxylic acids is 1. The van der Waals surface area contributed by atoms with E-state index in [2.05, 4.69) is 0 Å². The Morgan fingerprint density at radius 1 is 1.15 bits per heavy atom. The molecule has 0 spiro atoms. The Balaban J connectivity index is 2.41. The second-order valence-corrected chi connectivity index (χ2v) is 4.99. The van der Waals surface area contributed by atoms with Crippen LogP contribution in [-0.2, 0) is 0 Å². The first-order chi connectivity index (χ1) is 9.61. The zero-order chi connectivity index (χ0) is 14.5. The van der Waals surface area contributed by atoms with Gasteiger partial charge in [-0.3, -0.25) is 10.1 Å². The van der Waals surface area contributed by atoms with Gasteiger partial charge in [0, 0.05) is 13.1 Å². The van der Waals surface area contributed by atoms with E-state index in [0.29, 0.717) is 5.69 Å². The number of nitro groups is 1. The summed E-state index contributed by atoms with van der Waals surface area (Å²) in [6.07, 6.45) is 5.39. The Hall–Kier alpha value is -2.11. The lowest BCUT2D eigenvalue weighted by Crippen LogP contribution is -2.28. The van der Waals surface area contributed by atoms with E-state index in [9.17, 15) is 14.9 Å². The maximum absolute atomic E-state index is 11.3. The van der Waals surface area contributed by atoms with Gasteiger partial charge < -0.3 is 10.0 Å². The van der Waals surface area contributed by atoms with Gasteiger partial charge in [0.2, 0.25) is 0 Å². The molecular weight excluding hydrogens is 260 g/mol. The molecule has 1 aromatic rings. The lowest BCUT2D eigenvalue weighted by Gasteiger charge is -2.26. The number of anilines is 1. The van der Waals surface area contributed by atoms with Crippen LogP contribution in [0.4, 0.5) is 11.4 Å². The quantitative estimate of drug-likeness (QED) is 0.678. The molecule has 0 aromatic heterocycles. The van der Waals surface area contributed by atoms with E-state index in [1.807, 2.05) is 4.90 Å². The summed E-state index contributed by atoms with van der Waals surface area (Å²) in [5.41, 5.74) is -0.105. The molecule has 1 heterocycles. The van der Waals surface area contributed by atoms with Crippen molar-refractivity contribution in [3.63, 3.8) is 0 Å². The molecule has 1 N–H and O–H groups in total. The number of hydrogen-bond donors (Lipinski definition) is 1. The van der Waals surface area contributed by atoms with Gasteiger partial charge in [0.25, 0.3) is 0 Å². The predicted octanol–water partition coefficient (Wildman–Crippen LogP) is 3.06. The molecule has 1 saturated heterocycles. The van der Waals surface area contributed by atoms with E-state index in [1.54, 1.807) is 12.1 Å². The zero-order valence-corrected chi connectivity index (χ0v) is 11.2. The number of hydrogen-bond acceptors (Lipinski definition) is 4. The van der Waals surface area contributed by atoms with Crippen molar-refractivity contribution in [2.24, 2.45) is 0 Å². The zero-order valence-electron chi connectivity index (χ0n) is 11.2. The summed E-state index contributed by atoms with van der Waals surface area (Å²) in [5, 5.41) is 20.4. The minimum Gasteiger partial charge on any atom is -0.477 e. The number of carboxylic acids is 1. The molecule has 0 radical (unpaired) electrons. The second-order valence-electron chi connectivity index (χ2n) is 4.99. The summed E-state index contributed by atoms with van der Waals surface area (Å²) in [5.74, 6) is -1.26. The van der Waals surface area contributed by atoms with Crippen LogP contribution in [0, 0.1) is 10.1 Å². The summed E-state index contributed by atoms with van der Waals surface area (Å²) in [6, 6.07) is 4.50. The number of para-hydroxylation sites is 1. The third-order valence-electron chi connectivity index (χ3n) is 3.62. The van der Waals surface area contributed by atoms with E-state index in [4.69, 9.17) is 5.11 Å². The summed E-state index contributed by atoms with van der Waals surface area (Å²) < 4.78 is 0. The minimum atomic E-state index is -1.26. The highest BCUT2D eigenvalue weighted by Gasteiger charge is 2.27. The van der Waals surface area contributed by atoms with Crippen LogP contribution in [0.3, 0.4) is 0 Å². The SMILES string of the molecule is O=C(O)c1cccc(N2CCCCCCC2)c1[N+](=O)[O-]. The number of nitrogens with zero attached hydrogens (tertiary/aromatic N) is 2. The molecule has 1 fully saturated rings. The predicted molar refractivity (Wildman–Crippen MR) is 75.4 cm³/mol. The average Bonchev–Trinajstić information content (AvgIpc) is 2.37. The Morgan fingerprint density at radius 2 is 1.75 bits per heavy atom. The largest absolute Gasteiger partial charge is 0.477 e. The van der Waals surface area contributed by atoms with Crippen LogP contribution >= 0.6 is 0 Å². The number of nitro benzene ring substituents is 1. The van der Waals surface area contributed by atoms with Crippen molar-refractivity contribution in [1.82, 2.24) is 0 Å². The van der Waals surface area contributed by atoms with Crippen LogP contribution < -0.4 is 4.90 Å². The lowest BCUT2D eigenvalue weighted by atomic mass is 10.1. The summed E-state index contributed by atoms with van der Waals surface area (Å²) in [7, 11) is 0. The van der Waals surface area contributed by atoms with E-state index in [-0.39, 0.29) is 11.3 Å². The van der Waals surface area contributed by atoms with Crippen LogP contribution in [0.5, 0.6) is 0 Å². The molecule has 0 unspecified atom stereocenters. The number of rotatable bonds is 3. The molecule has 2 rings (SSSR count). The van der Waals surface area contributed by atoms with Crippen LogP contribution in [0.25, 0.3) is 0 Å². The highest BCUT2D eigenvalue weighted by atomic mass is 16.6. The molecule has 6 heteroatoms. The highest BCUT2D eigenvalue weighted by Crippen LogP contribution is 2.33. The van der Waals surface area contributed by atoms with Crippen LogP contribution in [-0.4, -0.2) is 29.1 Å². The van der Waals surface area contributed by atoms with Gasteiger partial charge >= 0.3 is 11.7 Å². The van der Waals surface area contributed by atoms with Crippen molar-refractivity contribution in [3.05, 3.63) is 33.9 Å².